The number of nitrogens with one attached hydrogen (secondary N) is 1. The minimum Gasteiger partial charge on any atom is -0.465 e. The van der Waals surface area contributed by atoms with E-state index in [1.165, 1.54) is 31.4 Å². The molecule has 0 radical (unpaired) electrons. The molecule has 0 spiro atoms. The Kier molecular flexibility index (Phi) is 6.89. The number of para-hydroxylation sites is 1. The van der Waals surface area contributed by atoms with Crippen LogP contribution in [-0.2, 0) is 14.3 Å². The number of rotatable bonds is 6. The zero-order valence-corrected chi connectivity index (χ0v) is 20.4. The lowest BCUT2D eigenvalue weighted by Gasteiger charge is -2.17. The molecule has 9 heteroatoms. The average Bonchev–Trinajstić information content (AvgIpc) is 3.09. The molecule has 0 unspecified atom stereocenters. The SMILES string of the molecule is COC(=O)c1ccccc1N1C(=O)C(Cl)=C(Nc2ccc(C(=O)Oc3cccc(C)c3C)cc2)C1=O. The topological polar surface area (TPSA) is 102 Å². The van der Waals surface area contributed by atoms with Gasteiger partial charge < -0.3 is 14.8 Å². The van der Waals surface area contributed by atoms with Crippen LogP contribution in [0.1, 0.15) is 31.8 Å². The van der Waals surface area contributed by atoms with E-state index in [0.29, 0.717) is 17.0 Å². The fourth-order valence-corrected chi connectivity index (χ4v) is 3.82. The number of carbonyl (C=O) groups is 4. The second-order valence-electron chi connectivity index (χ2n) is 7.93. The first-order valence-corrected chi connectivity index (χ1v) is 11.2. The number of imide groups is 1. The lowest BCUT2D eigenvalue weighted by Crippen LogP contribution is -2.33. The standard InChI is InChI=1S/C27H21ClN2O6/c1-15-7-6-10-21(16(15)2)36-26(33)17-11-13-18(14-12-17)29-23-22(28)24(31)30(25(23)32)20-9-5-4-8-19(20)27(34)35-3/h4-14,29H,1-3H3. The quantitative estimate of drug-likeness (QED) is 0.294. The fourth-order valence-electron chi connectivity index (χ4n) is 3.61. The summed E-state index contributed by atoms with van der Waals surface area (Å²) in [5.41, 5.74) is 2.52. The Morgan fingerprint density at radius 2 is 1.56 bits per heavy atom. The van der Waals surface area contributed by atoms with Crippen molar-refractivity contribution in [2.45, 2.75) is 13.8 Å². The van der Waals surface area contributed by atoms with Crippen LogP contribution in [0.15, 0.2) is 77.5 Å². The fraction of sp³-hybridized carbons (Fsp3) is 0.111. The van der Waals surface area contributed by atoms with Gasteiger partial charge in [0.05, 0.1) is 23.9 Å². The van der Waals surface area contributed by atoms with Gasteiger partial charge in [0, 0.05) is 5.69 Å². The van der Waals surface area contributed by atoms with Crippen molar-refractivity contribution in [3.63, 3.8) is 0 Å². The van der Waals surface area contributed by atoms with Crippen LogP contribution in [0, 0.1) is 13.8 Å². The average molecular weight is 505 g/mol. The normalized spacial score (nSPS) is 13.2. The summed E-state index contributed by atoms with van der Waals surface area (Å²) in [5.74, 6) is -2.28. The number of aryl methyl sites for hydroxylation is 1. The summed E-state index contributed by atoms with van der Waals surface area (Å²) >= 11 is 6.20. The molecule has 0 saturated heterocycles. The largest absolute Gasteiger partial charge is 0.465 e. The van der Waals surface area contributed by atoms with Crippen LogP contribution < -0.4 is 15.0 Å². The third-order valence-electron chi connectivity index (χ3n) is 5.73. The van der Waals surface area contributed by atoms with E-state index in [4.69, 9.17) is 21.1 Å². The molecule has 2 amide bonds. The Labute approximate surface area is 212 Å². The summed E-state index contributed by atoms with van der Waals surface area (Å²) < 4.78 is 10.3. The summed E-state index contributed by atoms with van der Waals surface area (Å²) in [7, 11) is 1.20. The maximum absolute atomic E-state index is 13.1. The Hall–Kier alpha value is -4.43. The second-order valence-corrected chi connectivity index (χ2v) is 8.31. The first-order chi connectivity index (χ1) is 17.2. The third-order valence-corrected chi connectivity index (χ3v) is 6.08. The lowest BCUT2D eigenvalue weighted by molar-refractivity contribution is -0.120. The number of halogens is 1. The summed E-state index contributed by atoms with van der Waals surface area (Å²) in [4.78, 5) is 51.4. The van der Waals surface area contributed by atoms with Crippen LogP contribution in [0.4, 0.5) is 11.4 Å². The number of carbonyl (C=O) groups excluding carboxylic acids is 4. The molecule has 0 aromatic heterocycles. The van der Waals surface area contributed by atoms with Crippen LogP contribution >= 0.6 is 11.6 Å². The van der Waals surface area contributed by atoms with Gasteiger partial charge in [0.2, 0.25) is 0 Å². The summed E-state index contributed by atoms with van der Waals surface area (Å²) in [5, 5.41) is 2.50. The molecule has 0 atom stereocenters. The van der Waals surface area contributed by atoms with E-state index in [2.05, 4.69) is 5.32 Å². The van der Waals surface area contributed by atoms with Crippen molar-refractivity contribution >= 4 is 46.7 Å². The van der Waals surface area contributed by atoms with E-state index in [0.717, 1.165) is 16.0 Å². The van der Waals surface area contributed by atoms with E-state index in [-0.39, 0.29) is 22.0 Å². The third kappa shape index (κ3) is 4.58. The molecule has 36 heavy (non-hydrogen) atoms. The van der Waals surface area contributed by atoms with Gasteiger partial charge in [-0.3, -0.25) is 9.59 Å². The zero-order chi connectivity index (χ0) is 26.0. The summed E-state index contributed by atoms with van der Waals surface area (Å²) in [6, 6.07) is 17.7. The highest BCUT2D eigenvalue weighted by atomic mass is 35.5. The van der Waals surface area contributed by atoms with Gasteiger partial charge in [-0.05, 0) is 67.4 Å². The molecular weight excluding hydrogens is 484 g/mol. The molecule has 182 valence electrons. The molecule has 1 aliphatic heterocycles. The Morgan fingerprint density at radius 3 is 2.25 bits per heavy atom. The molecule has 1 aliphatic rings. The molecule has 0 saturated carbocycles. The predicted molar refractivity (Wildman–Crippen MR) is 134 cm³/mol. The van der Waals surface area contributed by atoms with Gasteiger partial charge in [0.1, 0.15) is 16.5 Å². The predicted octanol–water partition coefficient (Wildman–Crippen LogP) is 4.74. The number of amides is 2. The molecular formula is C27H21ClN2O6. The first-order valence-electron chi connectivity index (χ1n) is 10.8. The molecule has 0 aliphatic carbocycles. The maximum atomic E-state index is 13.1. The van der Waals surface area contributed by atoms with Gasteiger partial charge in [-0.15, -0.1) is 0 Å². The van der Waals surface area contributed by atoms with Crippen molar-refractivity contribution in [3.05, 3.63) is 99.7 Å². The number of benzene rings is 3. The van der Waals surface area contributed by atoms with Gasteiger partial charge >= 0.3 is 11.9 Å². The van der Waals surface area contributed by atoms with E-state index >= 15 is 0 Å². The zero-order valence-electron chi connectivity index (χ0n) is 19.6. The Bertz CT molecular complexity index is 1430. The highest BCUT2D eigenvalue weighted by Gasteiger charge is 2.40. The summed E-state index contributed by atoms with van der Waals surface area (Å²) in [6.07, 6.45) is 0. The van der Waals surface area contributed by atoms with Gasteiger partial charge in [0.15, 0.2) is 0 Å². The van der Waals surface area contributed by atoms with Gasteiger partial charge in [-0.2, -0.15) is 0 Å². The molecule has 4 rings (SSSR count). The van der Waals surface area contributed by atoms with Crippen LogP contribution in [0.3, 0.4) is 0 Å². The number of nitrogens with zero attached hydrogens (tertiary/aromatic N) is 1. The Morgan fingerprint density at radius 1 is 0.861 bits per heavy atom. The molecule has 3 aromatic rings. The number of anilines is 2. The smallest absolute Gasteiger partial charge is 0.343 e. The van der Waals surface area contributed by atoms with Crippen molar-refractivity contribution in [2.75, 3.05) is 17.3 Å². The maximum Gasteiger partial charge on any atom is 0.343 e. The molecule has 8 nitrogen and oxygen atoms in total. The second kappa shape index (κ2) is 10.1. The van der Waals surface area contributed by atoms with Crippen molar-refractivity contribution in [3.8, 4) is 5.75 Å². The van der Waals surface area contributed by atoms with Crippen LogP contribution in [0.2, 0.25) is 0 Å². The van der Waals surface area contributed by atoms with E-state index in [1.807, 2.05) is 26.0 Å². The van der Waals surface area contributed by atoms with Crippen LogP contribution in [0.5, 0.6) is 5.75 Å². The van der Waals surface area contributed by atoms with Gasteiger partial charge in [0.25, 0.3) is 11.8 Å². The van der Waals surface area contributed by atoms with E-state index in [1.54, 1.807) is 30.3 Å². The van der Waals surface area contributed by atoms with E-state index in [9.17, 15) is 19.2 Å². The Balaban J connectivity index is 1.52. The highest BCUT2D eigenvalue weighted by Crippen LogP contribution is 2.32. The van der Waals surface area contributed by atoms with Gasteiger partial charge in [-0.25, -0.2) is 14.5 Å². The molecule has 3 aromatic carbocycles. The number of hydrogen-bond donors (Lipinski definition) is 1. The minimum absolute atomic E-state index is 0.0409. The minimum atomic E-state index is -0.783. The number of ether oxygens (including phenoxy) is 2. The van der Waals surface area contributed by atoms with Crippen molar-refractivity contribution in [1.82, 2.24) is 0 Å². The highest BCUT2D eigenvalue weighted by molar-refractivity contribution is 6.53. The van der Waals surface area contributed by atoms with Crippen LogP contribution in [-0.4, -0.2) is 30.9 Å². The van der Waals surface area contributed by atoms with Crippen molar-refractivity contribution in [2.24, 2.45) is 0 Å². The molecule has 0 bridgehead atoms. The molecule has 1 N–H and O–H groups in total. The van der Waals surface area contributed by atoms with Gasteiger partial charge in [-0.1, -0.05) is 35.9 Å². The van der Waals surface area contributed by atoms with E-state index < -0.39 is 23.8 Å². The van der Waals surface area contributed by atoms with Crippen molar-refractivity contribution in [1.29, 1.82) is 0 Å². The van der Waals surface area contributed by atoms with Crippen molar-refractivity contribution < 1.29 is 28.7 Å². The number of esters is 2. The number of hydrogen-bond acceptors (Lipinski definition) is 7. The number of methoxy groups -OCH3 is 1. The molecule has 1 heterocycles. The molecule has 0 fully saturated rings. The monoisotopic (exact) mass is 504 g/mol. The lowest BCUT2D eigenvalue weighted by atomic mass is 10.1. The van der Waals surface area contributed by atoms with Crippen LogP contribution in [0.25, 0.3) is 0 Å². The first kappa shape index (κ1) is 24.7. The summed E-state index contributed by atoms with van der Waals surface area (Å²) in [6.45, 7) is 3.80.